The van der Waals surface area contributed by atoms with E-state index in [1.54, 1.807) is 24.3 Å². The lowest BCUT2D eigenvalue weighted by atomic mass is 10.1. The van der Waals surface area contributed by atoms with Crippen molar-refractivity contribution in [2.45, 2.75) is 0 Å². The first-order valence-electron chi connectivity index (χ1n) is 9.14. The van der Waals surface area contributed by atoms with Crippen LogP contribution in [0.3, 0.4) is 0 Å². The Balaban J connectivity index is 1.70. The van der Waals surface area contributed by atoms with E-state index in [-0.39, 0.29) is 23.2 Å². The van der Waals surface area contributed by atoms with Crippen molar-refractivity contribution >= 4 is 12.2 Å². The van der Waals surface area contributed by atoms with Crippen LogP contribution in [0.2, 0.25) is 0 Å². The van der Waals surface area contributed by atoms with Gasteiger partial charge in [-0.15, -0.1) is 0 Å². The molecule has 4 N–H and O–H groups in total. The second-order valence-corrected chi connectivity index (χ2v) is 6.46. The number of rotatable bonds is 5. The summed E-state index contributed by atoms with van der Waals surface area (Å²) < 4.78 is 0. The first kappa shape index (κ1) is 18.9. The van der Waals surface area contributed by atoms with E-state index < -0.39 is 0 Å². The monoisotopic (exact) mass is 398 g/mol. The predicted octanol–water partition coefficient (Wildman–Crippen LogP) is 4.37. The van der Waals surface area contributed by atoms with Gasteiger partial charge in [0.15, 0.2) is 0 Å². The molecule has 7 nitrogen and oxygen atoms in total. The van der Waals surface area contributed by atoms with Crippen molar-refractivity contribution in [1.82, 2.24) is 9.97 Å². The van der Waals surface area contributed by atoms with Crippen LogP contribution in [0.4, 0.5) is 5.95 Å². The Morgan fingerprint density at radius 2 is 1.47 bits per heavy atom. The van der Waals surface area contributed by atoms with Gasteiger partial charge in [0.1, 0.15) is 17.2 Å². The predicted molar refractivity (Wildman–Crippen MR) is 116 cm³/mol. The van der Waals surface area contributed by atoms with Crippen molar-refractivity contribution < 1.29 is 15.3 Å². The third kappa shape index (κ3) is 4.20. The van der Waals surface area contributed by atoms with Crippen molar-refractivity contribution in [3.8, 4) is 39.8 Å². The number of nitrogens with zero attached hydrogens (tertiary/aromatic N) is 3. The smallest absolute Gasteiger partial charge is 0.244 e. The molecule has 1 heterocycles. The van der Waals surface area contributed by atoms with Crippen molar-refractivity contribution in [3.05, 3.63) is 84.4 Å². The maximum absolute atomic E-state index is 10.2. The molecule has 0 amide bonds. The van der Waals surface area contributed by atoms with Gasteiger partial charge in [-0.1, -0.05) is 42.5 Å². The molecular weight excluding hydrogens is 380 g/mol. The van der Waals surface area contributed by atoms with Crippen molar-refractivity contribution in [3.63, 3.8) is 0 Å². The lowest BCUT2D eigenvalue weighted by molar-refractivity contribution is 0.450. The Bertz CT molecular complexity index is 1210. The number of para-hydroxylation sites is 1. The Kier molecular flexibility index (Phi) is 5.25. The molecule has 148 valence electrons. The molecule has 1 aromatic heterocycles. The highest BCUT2D eigenvalue weighted by atomic mass is 16.3. The second kappa shape index (κ2) is 8.32. The zero-order chi connectivity index (χ0) is 20.9. The molecule has 7 heteroatoms. The van der Waals surface area contributed by atoms with E-state index in [2.05, 4.69) is 20.5 Å². The first-order chi connectivity index (χ1) is 14.6. The second-order valence-electron chi connectivity index (χ2n) is 6.46. The fourth-order valence-corrected chi connectivity index (χ4v) is 2.88. The number of benzene rings is 3. The van der Waals surface area contributed by atoms with Gasteiger partial charge in [0.2, 0.25) is 5.95 Å². The van der Waals surface area contributed by atoms with Crippen LogP contribution in [0.15, 0.2) is 84.0 Å². The maximum Gasteiger partial charge on any atom is 0.244 e. The molecule has 4 rings (SSSR count). The van der Waals surface area contributed by atoms with Crippen LogP contribution in [0.1, 0.15) is 5.56 Å². The van der Waals surface area contributed by atoms with Crippen LogP contribution in [0.25, 0.3) is 22.5 Å². The van der Waals surface area contributed by atoms with Gasteiger partial charge in [-0.25, -0.2) is 15.4 Å². The zero-order valence-electron chi connectivity index (χ0n) is 15.8. The van der Waals surface area contributed by atoms with Gasteiger partial charge in [-0.05, 0) is 30.3 Å². The summed E-state index contributed by atoms with van der Waals surface area (Å²) in [6.45, 7) is 0. The van der Waals surface area contributed by atoms with Crippen molar-refractivity contribution in [1.29, 1.82) is 0 Å². The fraction of sp³-hybridized carbons (Fsp3) is 0. The average Bonchev–Trinajstić information content (AvgIpc) is 2.76. The molecule has 0 atom stereocenters. The van der Waals surface area contributed by atoms with Gasteiger partial charge in [0.05, 0.1) is 17.6 Å². The number of aromatic hydroxyl groups is 3. The molecule has 0 aliphatic heterocycles. The maximum atomic E-state index is 10.2. The summed E-state index contributed by atoms with van der Waals surface area (Å²) in [7, 11) is 0. The number of hydrazone groups is 1. The van der Waals surface area contributed by atoms with E-state index in [0.717, 1.165) is 5.56 Å². The normalized spacial score (nSPS) is 10.9. The Labute approximate surface area is 172 Å². The van der Waals surface area contributed by atoms with Crippen LogP contribution < -0.4 is 5.43 Å². The van der Waals surface area contributed by atoms with E-state index in [9.17, 15) is 15.3 Å². The number of hydrogen-bond acceptors (Lipinski definition) is 7. The molecule has 0 aliphatic carbocycles. The summed E-state index contributed by atoms with van der Waals surface area (Å²) in [5, 5.41) is 33.6. The summed E-state index contributed by atoms with van der Waals surface area (Å²) in [5.41, 5.74) is 5.84. The van der Waals surface area contributed by atoms with Crippen LogP contribution in [0.5, 0.6) is 17.2 Å². The van der Waals surface area contributed by atoms with Crippen molar-refractivity contribution in [2.75, 3.05) is 5.43 Å². The average molecular weight is 398 g/mol. The number of nitrogens with one attached hydrogen (secondary N) is 1. The highest BCUT2D eigenvalue weighted by Crippen LogP contribution is 2.30. The molecule has 0 saturated heterocycles. The lowest BCUT2D eigenvalue weighted by Gasteiger charge is -2.09. The minimum atomic E-state index is -0.102. The number of hydrogen-bond donors (Lipinski definition) is 4. The summed E-state index contributed by atoms with van der Waals surface area (Å²) in [5.74, 6) is 0.195. The lowest BCUT2D eigenvalue weighted by Crippen LogP contribution is -2.00. The summed E-state index contributed by atoms with van der Waals surface area (Å²) >= 11 is 0. The third-order valence-corrected chi connectivity index (χ3v) is 4.36. The van der Waals surface area contributed by atoms with Crippen LogP contribution in [-0.2, 0) is 0 Å². The standard InChI is InChI=1S/C23H18N4O3/c28-17-11-10-16(22(30)12-17)14-24-27-23-25-19(15-6-2-1-3-7-15)13-20(26-23)18-8-4-5-9-21(18)29/h1-14,28-30H,(H,25,26,27). The zero-order valence-corrected chi connectivity index (χ0v) is 15.8. The van der Waals surface area contributed by atoms with Crippen molar-refractivity contribution in [2.24, 2.45) is 5.10 Å². The van der Waals surface area contributed by atoms with Gasteiger partial charge >= 0.3 is 0 Å². The Morgan fingerprint density at radius 3 is 2.23 bits per heavy atom. The minimum absolute atomic E-state index is 0.0381. The SMILES string of the molecule is Oc1ccc(C=NNc2nc(-c3ccccc3)cc(-c3ccccc3O)n2)c(O)c1. The molecule has 0 fully saturated rings. The van der Waals surface area contributed by atoms with Crippen LogP contribution in [-0.4, -0.2) is 31.5 Å². The fourth-order valence-electron chi connectivity index (χ4n) is 2.88. The van der Waals surface area contributed by atoms with E-state index in [0.29, 0.717) is 22.5 Å². The Morgan fingerprint density at radius 1 is 0.733 bits per heavy atom. The molecule has 4 aromatic rings. The molecule has 0 unspecified atom stereocenters. The summed E-state index contributed by atoms with van der Waals surface area (Å²) in [6, 6.07) is 22.5. The van der Waals surface area contributed by atoms with Gasteiger partial charge in [0.25, 0.3) is 0 Å². The van der Waals surface area contributed by atoms with E-state index >= 15 is 0 Å². The van der Waals surface area contributed by atoms with Crippen LogP contribution in [0, 0.1) is 0 Å². The molecule has 30 heavy (non-hydrogen) atoms. The number of anilines is 1. The highest BCUT2D eigenvalue weighted by molar-refractivity contribution is 5.84. The summed E-state index contributed by atoms with van der Waals surface area (Å²) in [4.78, 5) is 8.97. The first-order valence-corrected chi connectivity index (χ1v) is 9.14. The molecule has 0 spiro atoms. The van der Waals surface area contributed by atoms with Gasteiger partial charge < -0.3 is 15.3 Å². The van der Waals surface area contributed by atoms with E-state index in [1.807, 2.05) is 36.4 Å². The van der Waals surface area contributed by atoms with Gasteiger partial charge in [-0.2, -0.15) is 5.10 Å². The Hall–Kier alpha value is -4.39. The topological polar surface area (TPSA) is 111 Å². The number of aromatic nitrogens is 2. The number of phenols is 3. The molecule has 0 bridgehead atoms. The highest BCUT2D eigenvalue weighted by Gasteiger charge is 2.11. The van der Waals surface area contributed by atoms with Crippen LogP contribution >= 0.6 is 0 Å². The van der Waals surface area contributed by atoms with E-state index in [4.69, 9.17) is 0 Å². The molecule has 0 aliphatic rings. The van der Waals surface area contributed by atoms with Gasteiger partial charge in [-0.3, -0.25) is 0 Å². The summed E-state index contributed by atoms with van der Waals surface area (Å²) in [6.07, 6.45) is 1.40. The minimum Gasteiger partial charge on any atom is -0.508 e. The van der Waals surface area contributed by atoms with E-state index in [1.165, 1.54) is 24.4 Å². The largest absolute Gasteiger partial charge is 0.508 e. The van der Waals surface area contributed by atoms with Gasteiger partial charge in [0, 0.05) is 22.8 Å². The molecule has 0 radical (unpaired) electrons. The molecule has 3 aromatic carbocycles. The quantitative estimate of drug-likeness (QED) is 0.293. The number of phenolic OH excluding ortho intramolecular Hbond substituents is 3. The third-order valence-electron chi connectivity index (χ3n) is 4.36. The molecule has 0 saturated carbocycles. The molecular formula is C23H18N4O3.